The van der Waals surface area contributed by atoms with Gasteiger partial charge in [-0.05, 0) is 32.4 Å². The van der Waals surface area contributed by atoms with Gasteiger partial charge in [-0.1, -0.05) is 18.2 Å². The van der Waals surface area contributed by atoms with Gasteiger partial charge in [-0.2, -0.15) is 0 Å². The minimum absolute atomic E-state index is 0.0565. The van der Waals surface area contributed by atoms with Crippen LogP contribution < -0.4 is 0 Å². The molecule has 1 aromatic rings. The number of halogens is 1. The number of hydrogen-bond acceptors (Lipinski definition) is 5. The molecule has 1 aliphatic rings. The van der Waals surface area contributed by atoms with Crippen LogP contribution in [-0.4, -0.2) is 55.4 Å². The second-order valence-electron chi connectivity index (χ2n) is 6.12. The number of carbonyl (C=O) groups excluding carboxylic acids is 2. The zero-order chi connectivity index (χ0) is 19.3. The molecule has 8 heteroatoms. The maximum Gasteiger partial charge on any atom is 0.331 e. The van der Waals surface area contributed by atoms with E-state index in [0.717, 1.165) is 6.08 Å². The van der Waals surface area contributed by atoms with Crippen LogP contribution in [0.1, 0.15) is 25.8 Å². The van der Waals surface area contributed by atoms with E-state index < -0.39 is 39.7 Å². The fourth-order valence-electron chi connectivity index (χ4n) is 2.88. The van der Waals surface area contributed by atoms with Crippen molar-refractivity contribution in [2.45, 2.75) is 32.4 Å². The van der Waals surface area contributed by atoms with Crippen molar-refractivity contribution in [3.8, 4) is 0 Å². The summed E-state index contributed by atoms with van der Waals surface area (Å²) in [5, 5.41) is 0. The quantitative estimate of drug-likeness (QED) is 0.553. The van der Waals surface area contributed by atoms with Gasteiger partial charge in [0, 0.05) is 24.2 Å². The molecule has 1 fully saturated rings. The molecule has 0 spiro atoms. The fraction of sp³-hybridized carbons (Fsp3) is 0.444. The van der Waals surface area contributed by atoms with Crippen LogP contribution >= 0.6 is 0 Å². The van der Waals surface area contributed by atoms with Crippen molar-refractivity contribution in [2.24, 2.45) is 0 Å². The van der Waals surface area contributed by atoms with Gasteiger partial charge < -0.3 is 9.64 Å². The maximum atomic E-state index is 13.5. The van der Waals surface area contributed by atoms with Crippen molar-refractivity contribution in [3.05, 3.63) is 41.7 Å². The highest BCUT2D eigenvalue weighted by atomic mass is 32.2. The Kier molecular flexibility index (Phi) is 6.52. The highest BCUT2D eigenvalue weighted by Gasteiger charge is 2.36. The van der Waals surface area contributed by atoms with Gasteiger partial charge in [0.15, 0.2) is 15.9 Å². The summed E-state index contributed by atoms with van der Waals surface area (Å²) < 4.78 is 41.8. The summed E-state index contributed by atoms with van der Waals surface area (Å²) >= 11 is 0. The lowest BCUT2D eigenvalue weighted by Gasteiger charge is -2.29. The number of rotatable bonds is 6. The molecule has 1 heterocycles. The summed E-state index contributed by atoms with van der Waals surface area (Å²) in [6, 6.07) is 5.55. The summed E-state index contributed by atoms with van der Waals surface area (Å²) in [4.78, 5) is 25.8. The molecule has 0 N–H and O–H groups in total. The van der Waals surface area contributed by atoms with E-state index >= 15 is 0 Å². The number of ether oxygens (including phenoxy) is 1. The zero-order valence-electron chi connectivity index (χ0n) is 14.7. The highest BCUT2D eigenvalue weighted by molar-refractivity contribution is 7.91. The summed E-state index contributed by atoms with van der Waals surface area (Å²) in [5.41, 5.74) is 0.231. The van der Waals surface area contributed by atoms with Crippen LogP contribution in [-0.2, 0) is 24.2 Å². The second kappa shape index (κ2) is 8.44. The van der Waals surface area contributed by atoms with Crippen LogP contribution in [0.25, 0.3) is 6.08 Å². The van der Waals surface area contributed by atoms with E-state index in [0.29, 0.717) is 13.0 Å². The van der Waals surface area contributed by atoms with E-state index in [1.54, 1.807) is 13.0 Å². The van der Waals surface area contributed by atoms with Gasteiger partial charge in [0.25, 0.3) is 5.91 Å². The smallest absolute Gasteiger partial charge is 0.331 e. The standard InChI is InChI=1S/C18H22FNO5S/c1-3-20(15-10-11-26(23,24)12-15)18(22)13(2)25-17(21)9-8-14-6-4-5-7-16(14)19/h4-9,13,15H,3,10-12H2,1-2H3/b9-8+/t13-,15-/m1/s1. The van der Waals surface area contributed by atoms with Gasteiger partial charge in [-0.3, -0.25) is 4.79 Å². The first-order chi connectivity index (χ1) is 12.2. The van der Waals surface area contributed by atoms with Crippen LogP contribution in [0.5, 0.6) is 0 Å². The average Bonchev–Trinajstić information content (AvgIpc) is 2.94. The van der Waals surface area contributed by atoms with Gasteiger partial charge >= 0.3 is 5.97 Å². The minimum atomic E-state index is -3.12. The lowest BCUT2D eigenvalue weighted by atomic mass is 10.2. The van der Waals surface area contributed by atoms with Gasteiger partial charge in [0.05, 0.1) is 11.5 Å². The topological polar surface area (TPSA) is 80.8 Å². The molecule has 1 amide bonds. The molecular weight excluding hydrogens is 361 g/mol. The average molecular weight is 383 g/mol. The number of hydrogen-bond donors (Lipinski definition) is 0. The molecule has 0 saturated carbocycles. The Hall–Kier alpha value is -2.22. The van der Waals surface area contributed by atoms with E-state index in [9.17, 15) is 22.4 Å². The van der Waals surface area contributed by atoms with Crippen molar-refractivity contribution in [1.29, 1.82) is 0 Å². The molecule has 0 bridgehead atoms. The Morgan fingerprint density at radius 1 is 1.38 bits per heavy atom. The first-order valence-corrected chi connectivity index (χ1v) is 10.2. The Bertz CT molecular complexity index is 806. The van der Waals surface area contributed by atoms with E-state index in [4.69, 9.17) is 4.74 Å². The number of esters is 1. The minimum Gasteiger partial charge on any atom is -0.449 e. The highest BCUT2D eigenvalue weighted by Crippen LogP contribution is 2.19. The number of sulfone groups is 1. The third-order valence-corrected chi connectivity index (χ3v) is 5.97. The molecule has 1 aromatic carbocycles. The molecule has 0 unspecified atom stereocenters. The number of benzene rings is 1. The second-order valence-corrected chi connectivity index (χ2v) is 8.34. The van der Waals surface area contributed by atoms with E-state index in [1.165, 1.54) is 36.1 Å². The molecule has 6 nitrogen and oxygen atoms in total. The van der Waals surface area contributed by atoms with Gasteiger partial charge in [-0.15, -0.1) is 0 Å². The van der Waals surface area contributed by atoms with Crippen molar-refractivity contribution in [1.82, 2.24) is 4.90 Å². The lowest BCUT2D eigenvalue weighted by molar-refractivity contribution is -0.156. The monoisotopic (exact) mass is 383 g/mol. The first kappa shape index (κ1) is 20.1. The number of nitrogens with zero attached hydrogens (tertiary/aromatic N) is 1. The van der Waals surface area contributed by atoms with Crippen molar-refractivity contribution >= 4 is 27.8 Å². The van der Waals surface area contributed by atoms with E-state index in [1.807, 2.05) is 0 Å². The lowest BCUT2D eigenvalue weighted by Crippen LogP contribution is -2.46. The van der Waals surface area contributed by atoms with Crippen LogP contribution in [0.4, 0.5) is 4.39 Å². The Morgan fingerprint density at radius 3 is 2.65 bits per heavy atom. The Balaban J connectivity index is 1.97. The third kappa shape index (κ3) is 5.14. The molecular formula is C18H22FNO5S. The van der Waals surface area contributed by atoms with Crippen LogP contribution in [0.15, 0.2) is 30.3 Å². The van der Waals surface area contributed by atoms with Crippen LogP contribution in [0.3, 0.4) is 0 Å². The Morgan fingerprint density at radius 2 is 2.08 bits per heavy atom. The third-order valence-electron chi connectivity index (χ3n) is 4.22. The predicted octanol–water partition coefficient (Wildman–Crippen LogP) is 1.81. The SMILES string of the molecule is CCN(C(=O)[C@@H](C)OC(=O)/C=C/c1ccccc1F)[C@@H]1CCS(=O)(=O)C1. The molecule has 1 aliphatic heterocycles. The molecule has 2 atom stereocenters. The van der Waals surface area contributed by atoms with Crippen LogP contribution in [0.2, 0.25) is 0 Å². The normalized spacial score (nSPS) is 20.0. The molecule has 0 aromatic heterocycles. The molecule has 142 valence electrons. The molecule has 0 aliphatic carbocycles. The fourth-order valence-corrected chi connectivity index (χ4v) is 4.61. The maximum absolute atomic E-state index is 13.5. The summed E-state index contributed by atoms with van der Waals surface area (Å²) in [6.45, 7) is 3.50. The van der Waals surface area contributed by atoms with Gasteiger partial charge in [0.2, 0.25) is 0 Å². The van der Waals surface area contributed by atoms with Gasteiger partial charge in [0.1, 0.15) is 5.82 Å². The molecule has 26 heavy (non-hydrogen) atoms. The summed E-state index contributed by atoms with van der Waals surface area (Å²) in [6.07, 6.45) is 1.65. The molecule has 1 saturated heterocycles. The van der Waals surface area contributed by atoms with E-state index in [2.05, 4.69) is 0 Å². The molecule has 0 radical (unpaired) electrons. The van der Waals surface area contributed by atoms with Crippen LogP contribution in [0, 0.1) is 5.82 Å². The summed E-state index contributed by atoms with van der Waals surface area (Å²) in [7, 11) is -3.12. The number of likely N-dealkylation sites (N-methyl/N-ethyl adjacent to an activating group) is 1. The van der Waals surface area contributed by atoms with Crippen molar-refractivity contribution < 1.29 is 27.1 Å². The first-order valence-electron chi connectivity index (χ1n) is 8.37. The predicted molar refractivity (Wildman–Crippen MR) is 95.4 cm³/mol. The zero-order valence-corrected chi connectivity index (χ0v) is 15.5. The largest absolute Gasteiger partial charge is 0.449 e. The number of carbonyl (C=O) groups is 2. The molecule has 2 rings (SSSR count). The Labute approximate surface area is 152 Å². The van der Waals surface area contributed by atoms with Gasteiger partial charge in [-0.25, -0.2) is 17.6 Å². The van der Waals surface area contributed by atoms with Crippen molar-refractivity contribution in [2.75, 3.05) is 18.1 Å². The van der Waals surface area contributed by atoms with E-state index in [-0.39, 0.29) is 17.1 Å². The number of amides is 1. The van der Waals surface area contributed by atoms with Crippen molar-refractivity contribution in [3.63, 3.8) is 0 Å². The summed E-state index contributed by atoms with van der Waals surface area (Å²) in [5.74, 6) is -1.70.